The molecule has 3 aromatic rings. The molecular weight excluding hydrogens is 385 g/mol. The van der Waals surface area contributed by atoms with Gasteiger partial charge >= 0.3 is 12.1 Å². The monoisotopic (exact) mass is 398 g/mol. The van der Waals surface area contributed by atoms with Crippen LogP contribution in [0, 0.1) is 0 Å². The largest absolute Gasteiger partial charge is 0.462 e. The van der Waals surface area contributed by atoms with Gasteiger partial charge in [-0.25, -0.2) is 9.78 Å². The second-order valence-corrected chi connectivity index (χ2v) is 6.44. The van der Waals surface area contributed by atoms with Crippen molar-refractivity contribution in [1.82, 2.24) is 9.55 Å². The number of ether oxygens (including phenoxy) is 2. The normalized spacial score (nSPS) is 11.6. The molecule has 0 radical (unpaired) electrons. The molecule has 0 bridgehead atoms. The van der Waals surface area contributed by atoms with Gasteiger partial charge in [0.15, 0.2) is 5.43 Å². The molecule has 0 aliphatic carbocycles. The first-order valence-corrected chi connectivity index (χ1v) is 8.54. The van der Waals surface area contributed by atoms with E-state index in [2.05, 4.69) is 4.98 Å². The Morgan fingerprint density at radius 2 is 2.04 bits per heavy atom. The fraction of sp³-hybridized carbons (Fsp3) is 0.235. The molecule has 0 spiro atoms. The highest BCUT2D eigenvalue weighted by atomic mass is 32.1. The number of hydrogen-bond donors (Lipinski definition) is 0. The van der Waals surface area contributed by atoms with E-state index in [0.29, 0.717) is 6.07 Å². The Morgan fingerprint density at radius 3 is 2.70 bits per heavy atom. The lowest BCUT2D eigenvalue weighted by Crippen LogP contribution is -2.19. The van der Waals surface area contributed by atoms with Crippen molar-refractivity contribution in [2.45, 2.75) is 13.1 Å². The number of halogens is 3. The number of aromatic nitrogens is 2. The number of carbonyl (C=O) groups is 1. The highest BCUT2D eigenvalue weighted by molar-refractivity contribution is 7.15. The first-order valence-electron chi connectivity index (χ1n) is 7.72. The summed E-state index contributed by atoms with van der Waals surface area (Å²) in [6.45, 7) is 1.89. The van der Waals surface area contributed by atoms with Crippen LogP contribution in [0.2, 0.25) is 0 Å². The molecule has 0 aliphatic heterocycles. The number of esters is 1. The molecular formula is C17H13F3N2O4S. The van der Waals surface area contributed by atoms with Crippen LogP contribution < -0.4 is 10.2 Å². The van der Waals surface area contributed by atoms with E-state index in [1.54, 1.807) is 6.92 Å². The third-order valence-corrected chi connectivity index (χ3v) is 4.54. The molecule has 0 N–H and O–H groups in total. The topological polar surface area (TPSA) is 70.4 Å². The Bertz CT molecular complexity index is 1070. The number of alkyl halides is 3. The number of hydrogen-bond acceptors (Lipinski definition) is 6. The number of carbonyl (C=O) groups excluding carboxylic acids is 1. The maximum absolute atomic E-state index is 13.1. The smallest absolute Gasteiger partial charge is 0.431 e. The molecule has 0 amide bonds. The molecule has 2 heterocycles. The minimum absolute atomic E-state index is 0.0643. The summed E-state index contributed by atoms with van der Waals surface area (Å²) in [4.78, 5) is 27.8. The van der Waals surface area contributed by atoms with Gasteiger partial charge in [-0.1, -0.05) is 11.3 Å². The number of fused-ring (bicyclic) bond motifs is 1. The average molecular weight is 398 g/mol. The highest BCUT2D eigenvalue weighted by Gasteiger charge is 2.34. The van der Waals surface area contributed by atoms with E-state index in [1.165, 1.54) is 31.4 Å². The van der Waals surface area contributed by atoms with Gasteiger partial charge in [-0.3, -0.25) is 4.79 Å². The van der Waals surface area contributed by atoms with Crippen LogP contribution in [-0.4, -0.2) is 22.1 Å². The molecule has 142 valence electrons. The van der Waals surface area contributed by atoms with Crippen LogP contribution in [0.3, 0.4) is 0 Å². The van der Waals surface area contributed by atoms with Crippen LogP contribution in [0.4, 0.5) is 13.2 Å². The van der Waals surface area contributed by atoms with E-state index < -0.39 is 23.3 Å². The van der Waals surface area contributed by atoms with Crippen molar-refractivity contribution in [3.05, 3.63) is 51.3 Å². The maximum Gasteiger partial charge on any atom is 0.431 e. The number of thiazole rings is 1. The van der Waals surface area contributed by atoms with Crippen molar-refractivity contribution in [2.75, 3.05) is 6.61 Å². The van der Waals surface area contributed by atoms with E-state index >= 15 is 0 Å². The molecule has 2 aromatic heterocycles. The highest BCUT2D eigenvalue weighted by Crippen LogP contribution is 2.32. The molecule has 27 heavy (non-hydrogen) atoms. The molecule has 0 saturated carbocycles. The summed E-state index contributed by atoms with van der Waals surface area (Å²) in [7, 11) is 1.22. The molecule has 10 heteroatoms. The lowest BCUT2D eigenvalue weighted by atomic mass is 10.1. The fourth-order valence-corrected chi connectivity index (χ4v) is 3.14. The number of benzene rings is 1. The Labute approximate surface area is 154 Å². The summed E-state index contributed by atoms with van der Waals surface area (Å²) in [6, 6.07) is 4.71. The number of rotatable bonds is 4. The maximum atomic E-state index is 13.1. The number of nitrogens with zero attached hydrogens (tertiary/aromatic N) is 2. The van der Waals surface area contributed by atoms with Crippen LogP contribution in [0.1, 0.15) is 22.3 Å². The SMILES string of the molecule is CCOC(=O)c1cnc(Oc2ccc3c(=O)cc(C(F)(F)F)n(C)c3c2)s1. The van der Waals surface area contributed by atoms with Gasteiger partial charge in [0, 0.05) is 24.6 Å². The molecule has 6 nitrogen and oxygen atoms in total. The van der Waals surface area contributed by atoms with E-state index in [-0.39, 0.29) is 33.3 Å². The first kappa shape index (κ1) is 18.9. The van der Waals surface area contributed by atoms with E-state index in [4.69, 9.17) is 9.47 Å². The Balaban J connectivity index is 1.98. The van der Waals surface area contributed by atoms with Gasteiger partial charge in [0.2, 0.25) is 0 Å². The lowest BCUT2D eigenvalue weighted by Gasteiger charge is -2.15. The molecule has 0 saturated heterocycles. The number of pyridine rings is 1. The zero-order valence-corrected chi connectivity index (χ0v) is 15.0. The molecule has 1 aromatic carbocycles. The molecule has 0 unspecified atom stereocenters. The van der Waals surface area contributed by atoms with E-state index in [1.807, 2.05) is 0 Å². The summed E-state index contributed by atoms with van der Waals surface area (Å²) in [5.41, 5.74) is -1.73. The molecule has 0 aliphatic rings. The van der Waals surface area contributed by atoms with Gasteiger partial charge in [0.1, 0.15) is 16.3 Å². The zero-order chi connectivity index (χ0) is 19.8. The summed E-state index contributed by atoms with van der Waals surface area (Å²) in [6.07, 6.45) is -3.38. The minimum Gasteiger partial charge on any atom is -0.462 e. The van der Waals surface area contributed by atoms with Crippen molar-refractivity contribution in [1.29, 1.82) is 0 Å². The fourth-order valence-electron chi connectivity index (χ4n) is 2.46. The van der Waals surface area contributed by atoms with E-state index in [0.717, 1.165) is 15.9 Å². The third-order valence-electron chi connectivity index (χ3n) is 3.68. The quantitative estimate of drug-likeness (QED) is 0.622. The predicted octanol–water partition coefficient (Wildman–Crippen LogP) is 3.98. The van der Waals surface area contributed by atoms with Crippen molar-refractivity contribution in [2.24, 2.45) is 7.05 Å². The van der Waals surface area contributed by atoms with Crippen LogP contribution in [0.15, 0.2) is 35.3 Å². The number of aryl methyl sites for hydroxylation is 1. The second kappa shape index (κ2) is 7.03. The predicted molar refractivity (Wildman–Crippen MR) is 92.3 cm³/mol. The van der Waals surface area contributed by atoms with Gasteiger partial charge in [0.05, 0.1) is 18.3 Å². The van der Waals surface area contributed by atoms with Crippen molar-refractivity contribution >= 4 is 28.2 Å². The van der Waals surface area contributed by atoms with Crippen LogP contribution in [0.25, 0.3) is 10.9 Å². The van der Waals surface area contributed by atoms with Crippen molar-refractivity contribution in [3.8, 4) is 10.9 Å². The van der Waals surface area contributed by atoms with Crippen molar-refractivity contribution in [3.63, 3.8) is 0 Å². The zero-order valence-electron chi connectivity index (χ0n) is 14.2. The standard InChI is InChI=1S/C17H13F3N2O4S/c1-3-25-15(24)13-8-21-16(27-13)26-9-4-5-10-11(6-9)22(2)14(7-12(10)23)17(18,19)20/h4-8H,3H2,1-2H3. The van der Waals surface area contributed by atoms with Crippen molar-refractivity contribution < 1.29 is 27.4 Å². The summed E-state index contributed by atoms with van der Waals surface area (Å²) < 4.78 is 50.6. The first-order chi connectivity index (χ1) is 12.7. The van der Waals surface area contributed by atoms with Gasteiger partial charge in [0.25, 0.3) is 5.19 Å². The molecule has 0 fully saturated rings. The third kappa shape index (κ3) is 3.80. The van der Waals surface area contributed by atoms with Crippen LogP contribution >= 0.6 is 11.3 Å². The summed E-state index contributed by atoms with van der Waals surface area (Å²) in [5, 5.41) is 0.249. The second-order valence-electron chi connectivity index (χ2n) is 5.44. The minimum atomic E-state index is -4.66. The van der Waals surface area contributed by atoms with Gasteiger partial charge in [-0.2, -0.15) is 13.2 Å². The van der Waals surface area contributed by atoms with Crippen LogP contribution in [-0.2, 0) is 18.0 Å². The van der Waals surface area contributed by atoms with Crippen LogP contribution in [0.5, 0.6) is 10.9 Å². The molecule has 0 atom stereocenters. The lowest BCUT2D eigenvalue weighted by molar-refractivity contribution is -0.143. The summed E-state index contributed by atoms with van der Waals surface area (Å²) >= 11 is 0.940. The molecule has 3 rings (SSSR count). The Morgan fingerprint density at radius 1 is 1.30 bits per heavy atom. The Kier molecular flexibility index (Phi) is 4.92. The van der Waals surface area contributed by atoms with Gasteiger partial charge in [-0.15, -0.1) is 0 Å². The average Bonchev–Trinajstić information content (AvgIpc) is 3.06. The van der Waals surface area contributed by atoms with E-state index in [9.17, 15) is 22.8 Å². The van der Waals surface area contributed by atoms with Gasteiger partial charge < -0.3 is 14.0 Å². The van der Waals surface area contributed by atoms with Gasteiger partial charge in [-0.05, 0) is 19.1 Å². The Hall–Kier alpha value is -2.88. The summed E-state index contributed by atoms with van der Waals surface area (Å²) in [5.74, 6) is -0.359.